The molecule has 0 unspecified atom stereocenters. The van der Waals surface area contributed by atoms with Crippen LogP contribution >= 0.6 is 23.4 Å². The lowest BCUT2D eigenvalue weighted by Gasteiger charge is -2.49. The van der Waals surface area contributed by atoms with Crippen LogP contribution in [-0.4, -0.2) is 60.8 Å². The van der Waals surface area contributed by atoms with E-state index in [1.54, 1.807) is 20.8 Å². The number of hydrogen-bond donors (Lipinski definition) is 0. The van der Waals surface area contributed by atoms with Gasteiger partial charge < -0.3 is 18.9 Å². The van der Waals surface area contributed by atoms with E-state index in [2.05, 4.69) is 0 Å². The summed E-state index contributed by atoms with van der Waals surface area (Å²) in [5, 5.41) is -0.566. The number of halogens is 1. The summed E-state index contributed by atoms with van der Waals surface area (Å²) in [6.07, 6.45) is 0. The number of fused-ring (bicyclic) bond motifs is 1. The molecule has 8 nitrogen and oxygen atoms in total. The second kappa shape index (κ2) is 7.14. The van der Waals surface area contributed by atoms with Crippen LogP contribution in [0.3, 0.4) is 0 Å². The Kier molecular flexibility index (Phi) is 5.72. The molecule has 0 saturated carbocycles. The zero-order valence-electron chi connectivity index (χ0n) is 14.6. The Hall–Kier alpha value is -1.29. The number of nitrogens with zero attached hydrogens (tertiary/aromatic N) is 1. The Bertz CT molecular complexity index is 624. The molecule has 2 rings (SSSR count). The van der Waals surface area contributed by atoms with Crippen molar-refractivity contribution in [3.05, 3.63) is 10.6 Å². The number of β-lactam (4-membered cyclic amide) rings is 1. The van der Waals surface area contributed by atoms with Crippen molar-refractivity contribution in [1.82, 2.24) is 4.90 Å². The van der Waals surface area contributed by atoms with E-state index in [9.17, 15) is 14.4 Å². The van der Waals surface area contributed by atoms with E-state index < -0.39 is 41.2 Å². The maximum atomic E-state index is 12.4. The summed E-state index contributed by atoms with van der Waals surface area (Å²) >= 11 is 7.08. The minimum absolute atomic E-state index is 0.0146. The predicted octanol–water partition coefficient (Wildman–Crippen LogP) is 1.43. The van der Waals surface area contributed by atoms with Gasteiger partial charge in [0.05, 0.1) is 11.3 Å². The Morgan fingerprint density at radius 3 is 2.32 bits per heavy atom. The zero-order valence-corrected chi connectivity index (χ0v) is 16.2. The van der Waals surface area contributed by atoms with Crippen molar-refractivity contribution in [2.75, 3.05) is 26.9 Å². The van der Waals surface area contributed by atoms with Crippen LogP contribution in [-0.2, 0) is 33.3 Å². The molecule has 1 saturated heterocycles. The largest absolute Gasteiger partial charge is 0.427 e. The minimum atomic E-state index is -1.46. The molecule has 0 aromatic carbocycles. The van der Waals surface area contributed by atoms with Crippen LogP contribution in [0.25, 0.3) is 0 Å². The summed E-state index contributed by atoms with van der Waals surface area (Å²) in [4.78, 5) is 38.1. The Morgan fingerprint density at radius 1 is 1.24 bits per heavy atom. The lowest BCUT2D eigenvalue weighted by Crippen LogP contribution is -2.72. The van der Waals surface area contributed by atoms with E-state index in [4.69, 9.17) is 30.5 Å². The third-order valence-electron chi connectivity index (χ3n) is 3.75. The summed E-state index contributed by atoms with van der Waals surface area (Å²) in [5.74, 6) is -3.28. The van der Waals surface area contributed by atoms with E-state index >= 15 is 0 Å². The van der Waals surface area contributed by atoms with Gasteiger partial charge >= 0.3 is 11.9 Å². The van der Waals surface area contributed by atoms with Gasteiger partial charge in [0.25, 0.3) is 11.7 Å². The van der Waals surface area contributed by atoms with E-state index in [-0.39, 0.29) is 11.6 Å². The molecule has 1 atom stereocenters. The topological polar surface area (TPSA) is 91.4 Å². The predicted molar refractivity (Wildman–Crippen MR) is 89.2 cm³/mol. The fourth-order valence-corrected chi connectivity index (χ4v) is 4.04. The summed E-state index contributed by atoms with van der Waals surface area (Å²) in [6, 6.07) is 0. The molecule has 0 spiro atoms. The van der Waals surface area contributed by atoms with Gasteiger partial charge in [-0.25, -0.2) is 4.79 Å². The maximum absolute atomic E-state index is 12.4. The molecule has 0 N–H and O–H groups in total. The van der Waals surface area contributed by atoms with Crippen LogP contribution in [0.4, 0.5) is 0 Å². The Balaban J connectivity index is 2.07. The van der Waals surface area contributed by atoms with Gasteiger partial charge in [-0.05, 0) is 20.8 Å². The fourth-order valence-electron chi connectivity index (χ4n) is 2.35. The van der Waals surface area contributed by atoms with Gasteiger partial charge in [0, 0.05) is 19.1 Å². The number of hydrogen-bond acceptors (Lipinski definition) is 8. The number of carbonyl (C=O) groups is 3. The quantitative estimate of drug-likeness (QED) is 0.289. The first-order valence-electron chi connectivity index (χ1n) is 7.38. The number of alkyl halides is 1. The molecular formula is C15H20ClNO7S. The average Bonchev–Trinajstić information content (AvgIpc) is 2.91. The third kappa shape index (κ3) is 3.25. The Morgan fingerprint density at radius 2 is 1.84 bits per heavy atom. The molecule has 2 heterocycles. The second-order valence-electron chi connectivity index (χ2n) is 6.36. The van der Waals surface area contributed by atoms with Crippen LogP contribution in [0.1, 0.15) is 20.8 Å². The molecule has 0 bridgehead atoms. The summed E-state index contributed by atoms with van der Waals surface area (Å²) < 4.78 is 20.3. The molecule has 2 aliphatic heterocycles. The minimum Gasteiger partial charge on any atom is -0.427 e. The smallest absolute Gasteiger partial charge is 0.358 e. The number of carbonyl (C=O) groups excluding carboxylic acids is 3. The first-order valence-corrected chi connectivity index (χ1v) is 8.79. The highest BCUT2D eigenvalue weighted by atomic mass is 35.5. The summed E-state index contributed by atoms with van der Waals surface area (Å²) in [7, 11) is 2.70. The van der Waals surface area contributed by atoms with Crippen molar-refractivity contribution in [3.63, 3.8) is 0 Å². The highest BCUT2D eigenvalue weighted by molar-refractivity contribution is 8.04. The third-order valence-corrected chi connectivity index (χ3v) is 5.54. The number of amides is 1. The van der Waals surface area contributed by atoms with Crippen LogP contribution < -0.4 is 0 Å². The van der Waals surface area contributed by atoms with Crippen molar-refractivity contribution in [2.45, 2.75) is 31.9 Å². The first kappa shape index (κ1) is 20.0. The molecular weight excluding hydrogens is 374 g/mol. The molecule has 25 heavy (non-hydrogen) atoms. The van der Waals surface area contributed by atoms with Crippen molar-refractivity contribution in [1.29, 1.82) is 0 Å². The highest BCUT2D eigenvalue weighted by Gasteiger charge is 2.68. The maximum Gasteiger partial charge on any atom is 0.358 e. The molecule has 0 aliphatic carbocycles. The van der Waals surface area contributed by atoms with Crippen molar-refractivity contribution in [2.24, 2.45) is 5.41 Å². The Labute approximate surface area is 154 Å². The van der Waals surface area contributed by atoms with Crippen molar-refractivity contribution >= 4 is 41.2 Å². The number of methoxy groups -OCH3 is 2. The van der Waals surface area contributed by atoms with Crippen LogP contribution in [0, 0.1) is 5.41 Å². The van der Waals surface area contributed by atoms with Crippen LogP contribution in [0.5, 0.6) is 0 Å². The molecule has 2 aliphatic rings. The fraction of sp³-hybridized carbons (Fsp3) is 0.667. The number of thioether (sulfide) groups is 1. The molecule has 0 radical (unpaired) electrons. The zero-order chi connectivity index (χ0) is 19.0. The van der Waals surface area contributed by atoms with Gasteiger partial charge in [0.15, 0.2) is 5.37 Å². The molecule has 1 amide bonds. The first-order chi connectivity index (χ1) is 11.6. The number of rotatable bonds is 6. The lowest BCUT2D eigenvalue weighted by molar-refractivity contribution is -0.259. The standard InChI is InChI=1S/C15H20ClNO7S/c1-14(2,3)13(20)24-7-23-10(18)9-8(6-16)25-12-15(21-4,22-5)11(19)17(9)12/h12H,6-7H2,1-5H3/t12-/m1/s1. The van der Waals surface area contributed by atoms with Crippen LogP contribution in [0.2, 0.25) is 0 Å². The molecule has 1 fully saturated rings. The van der Waals surface area contributed by atoms with Crippen LogP contribution in [0.15, 0.2) is 10.6 Å². The van der Waals surface area contributed by atoms with Gasteiger partial charge in [0.2, 0.25) is 6.79 Å². The normalized spacial score (nSPS) is 21.8. The highest BCUT2D eigenvalue weighted by Crippen LogP contribution is 2.53. The monoisotopic (exact) mass is 393 g/mol. The molecule has 140 valence electrons. The van der Waals surface area contributed by atoms with Crippen molar-refractivity contribution in [3.8, 4) is 0 Å². The number of esters is 2. The van der Waals surface area contributed by atoms with E-state index in [0.29, 0.717) is 4.91 Å². The summed E-state index contributed by atoms with van der Waals surface area (Å²) in [5.41, 5.74) is -0.697. The van der Waals surface area contributed by atoms with Gasteiger partial charge in [0.1, 0.15) is 5.70 Å². The lowest BCUT2D eigenvalue weighted by atomic mass is 9.98. The molecule has 0 aromatic rings. The summed E-state index contributed by atoms with van der Waals surface area (Å²) in [6.45, 7) is 4.48. The second-order valence-corrected chi connectivity index (χ2v) is 7.80. The number of ether oxygens (including phenoxy) is 4. The van der Waals surface area contributed by atoms with E-state index in [1.807, 2.05) is 0 Å². The van der Waals surface area contributed by atoms with Gasteiger partial charge in [-0.1, -0.05) is 11.8 Å². The van der Waals surface area contributed by atoms with E-state index in [1.165, 1.54) is 30.9 Å². The van der Waals surface area contributed by atoms with Crippen molar-refractivity contribution < 1.29 is 33.3 Å². The average molecular weight is 394 g/mol. The molecule has 0 aromatic heterocycles. The van der Waals surface area contributed by atoms with Gasteiger partial charge in [-0.3, -0.25) is 14.5 Å². The SMILES string of the molecule is COC1(OC)C(=O)N2C(C(=O)OCOC(=O)C(C)(C)C)=C(CCl)S[C@@H]21. The molecule has 10 heteroatoms. The van der Waals surface area contributed by atoms with Gasteiger partial charge in [-0.15, -0.1) is 11.6 Å². The number of allylic oxidation sites excluding steroid dienone is 1. The van der Waals surface area contributed by atoms with Gasteiger partial charge in [-0.2, -0.15) is 0 Å². The van der Waals surface area contributed by atoms with E-state index in [0.717, 1.165) is 0 Å².